The highest BCUT2D eigenvalue weighted by Gasteiger charge is 2.13. The molecule has 0 aliphatic carbocycles. The molecule has 0 fully saturated rings. The molecule has 0 amide bonds. The summed E-state index contributed by atoms with van der Waals surface area (Å²) in [6.45, 7) is 0. The summed E-state index contributed by atoms with van der Waals surface area (Å²) in [6, 6.07) is 10.1. The fourth-order valence-corrected chi connectivity index (χ4v) is 2.91. The Hall–Kier alpha value is -0.420. The first-order chi connectivity index (χ1) is 8.97. The van der Waals surface area contributed by atoms with Gasteiger partial charge in [-0.2, -0.15) is 0 Å². The van der Waals surface area contributed by atoms with Crippen molar-refractivity contribution >= 4 is 43.5 Å². The third-order valence-corrected chi connectivity index (χ3v) is 4.26. The minimum absolute atomic E-state index is 0.289. The molecule has 0 aliphatic heterocycles. The van der Waals surface area contributed by atoms with Crippen LogP contribution in [0.3, 0.4) is 0 Å². The average molecular weight is 408 g/mol. The van der Waals surface area contributed by atoms with Crippen LogP contribution >= 0.6 is 43.5 Å². The Morgan fingerprint density at radius 2 is 1.89 bits per heavy atom. The smallest absolute Gasteiger partial charge is 0.127 e. The van der Waals surface area contributed by atoms with E-state index in [4.69, 9.17) is 17.3 Å². The molecule has 2 aromatic rings. The zero-order valence-corrected chi connectivity index (χ0v) is 13.8. The molecule has 2 N–H and O–H groups in total. The van der Waals surface area contributed by atoms with Gasteiger partial charge in [-0.25, -0.2) is 4.39 Å². The summed E-state index contributed by atoms with van der Waals surface area (Å²) in [5, 5.41) is 0.387. The van der Waals surface area contributed by atoms with E-state index in [2.05, 4.69) is 31.9 Å². The van der Waals surface area contributed by atoms with Crippen LogP contribution in [-0.2, 0) is 6.42 Å². The standard InChI is InChI=1S/C14H11Br2ClFN/c15-9-2-4-12(16)11(6-9)14(19)5-8-1-3-10(17)7-13(8)18/h1-4,6-7,14H,5,19H2. The normalized spacial score (nSPS) is 12.5. The van der Waals surface area contributed by atoms with E-state index in [1.807, 2.05) is 18.2 Å². The first-order valence-corrected chi connectivity index (χ1v) is 7.58. The Morgan fingerprint density at radius 3 is 2.58 bits per heavy atom. The topological polar surface area (TPSA) is 26.0 Å². The molecule has 0 bridgehead atoms. The van der Waals surface area contributed by atoms with Crippen molar-refractivity contribution in [3.63, 3.8) is 0 Å². The van der Waals surface area contributed by atoms with Gasteiger partial charge in [0.2, 0.25) is 0 Å². The lowest BCUT2D eigenvalue weighted by Crippen LogP contribution is -2.14. The SMILES string of the molecule is NC(Cc1ccc(Cl)cc1F)c1cc(Br)ccc1Br. The molecule has 19 heavy (non-hydrogen) atoms. The van der Waals surface area contributed by atoms with Crippen LogP contribution in [-0.4, -0.2) is 0 Å². The zero-order chi connectivity index (χ0) is 14.0. The van der Waals surface area contributed by atoms with Gasteiger partial charge >= 0.3 is 0 Å². The van der Waals surface area contributed by atoms with Gasteiger partial charge in [0.15, 0.2) is 0 Å². The van der Waals surface area contributed by atoms with E-state index in [0.29, 0.717) is 17.0 Å². The van der Waals surface area contributed by atoms with Gasteiger partial charge in [-0.1, -0.05) is 49.5 Å². The molecule has 0 saturated heterocycles. The first-order valence-electron chi connectivity index (χ1n) is 5.62. The molecule has 2 aromatic carbocycles. The van der Waals surface area contributed by atoms with Gasteiger partial charge in [0.25, 0.3) is 0 Å². The van der Waals surface area contributed by atoms with Gasteiger partial charge in [-0.3, -0.25) is 0 Å². The predicted octanol–water partition coefficient (Wildman–Crippen LogP) is 5.25. The van der Waals surface area contributed by atoms with Gasteiger partial charge in [-0.15, -0.1) is 0 Å². The molecule has 0 heterocycles. The van der Waals surface area contributed by atoms with E-state index in [0.717, 1.165) is 14.5 Å². The van der Waals surface area contributed by atoms with Crippen LogP contribution in [0.25, 0.3) is 0 Å². The lowest BCUT2D eigenvalue weighted by molar-refractivity contribution is 0.593. The minimum atomic E-state index is -0.325. The van der Waals surface area contributed by atoms with Crippen molar-refractivity contribution in [2.75, 3.05) is 0 Å². The molecule has 1 unspecified atom stereocenters. The summed E-state index contributed by atoms with van der Waals surface area (Å²) in [7, 11) is 0. The molecule has 100 valence electrons. The van der Waals surface area contributed by atoms with Crippen LogP contribution in [0.4, 0.5) is 4.39 Å². The number of halogens is 4. The van der Waals surface area contributed by atoms with E-state index < -0.39 is 0 Å². The largest absolute Gasteiger partial charge is 0.324 e. The lowest BCUT2D eigenvalue weighted by Gasteiger charge is -2.15. The Kier molecular flexibility index (Phi) is 5.01. The second-order valence-corrected chi connectivity index (χ2v) is 6.42. The van der Waals surface area contributed by atoms with Crippen LogP contribution in [0.2, 0.25) is 5.02 Å². The highest BCUT2D eigenvalue weighted by molar-refractivity contribution is 9.11. The predicted molar refractivity (Wildman–Crippen MR) is 83.9 cm³/mol. The van der Waals surface area contributed by atoms with Crippen LogP contribution in [0.15, 0.2) is 45.3 Å². The lowest BCUT2D eigenvalue weighted by atomic mass is 9.99. The number of rotatable bonds is 3. The van der Waals surface area contributed by atoms with Gasteiger partial charge in [0.05, 0.1) is 0 Å². The van der Waals surface area contributed by atoms with E-state index in [-0.39, 0.29) is 11.9 Å². The molecular formula is C14H11Br2ClFN. The summed E-state index contributed by atoms with van der Waals surface area (Å²) in [5.41, 5.74) is 7.65. The Labute approximate surface area is 133 Å². The maximum Gasteiger partial charge on any atom is 0.127 e. The van der Waals surface area contributed by atoms with Crippen molar-refractivity contribution in [3.8, 4) is 0 Å². The summed E-state index contributed by atoms with van der Waals surface area (Å²) < 4.78 is 15.6. The second-order valence-electron chi connectivity index (χ2n) is 4.21. The van der Waals surface area contributed by atoms with Crippen molar-refractivity contribution in [1.29, 1.82) is 0 Å². The van der Waals surface area contributed by atoms with Crippen LogP contribution in [0.5, 0.6) is 0 Å². The highest BCUT2D eigenvalue weighted by Crippen LogP contribution is 2.28. The van der Waals surface area contributed by atoms with E-state index in [1.54, 1.807) is 12.1 Å². The molecule has 1 nitrogen and oxygen atoms in total. The molecule has 0 saturated carbocycles. The molecular weight excluding hydrogens is 396 g/mol. The first kappa shape index (κ1) is 15.0. The molecule has 0 aromatic heterocycles. The molecule has 0 radical (unpaired) electrons. The maximum absolute atomic E-state index is 13.7. The average Bonchev–Trinajstić information content (AvgIpc) is 2.35. The molecule has 0 aliphatic rings. The van der Waals surface area contributed by atoms with Crippen molar-refractivity contribution in [2.45, 2.75) is 12.5 Å². The Morgan fingerprint density at radius 1 is 1.16 bits per heavy atom. The van der Waals surface area contributed by atoms with Crippen molar-refractivity contribution in [3.05, 3.63) is 67.3 Å². The van der Waals surface area contributed by atoms with E-state index >= 15 is 0 Å². The van der Waals surface area contributed by atoms with Gasteiger partial charge in [0.1, 0.15) is 5.82 Å². The number of hydrogen-bond donors (Lipinski definition) is 1. The third-order valence-electron chi connectivity index (χ3n) is 2.81. The summed E-state index contributed by atoms with van der Waals surface area (Å²) in [5.74, 6) is -0.325. The zero-order valence-electron chi connectivity index (χ0n) is 9.84. The molecule has 1 atom stereocenters. The van der Waals surface area contributed by atoms with Crippen molar-refractivity contribution < 1.29 is 4.39 Å². The van der Waals surface area contributed by atoms with Crippen LogP contribution in [0.1, 0.15) is 17.2 Å². The van der Waals surface area contributed by atoms with E-state index in [1.165, 1.54) is 6.07 Å². The van der Waals surface area contributed by atoms with Gasteiger partial charge in [-0.05, 0) is 47.9 Å². The number of benzene rings is 2. The Balaban J connectivity index is 2.25. The van der Waals surface area contributed by atoms with Crippen LogP contribution < -0.4 is 5.73 Å². The van der Waals surface area contributed by atoms with Crippen molar-refractivity contribution in [2.24, 2.45) is 5.73 Å². The second kappa shape index (κ2) is 6.35. The quantitative estimate of drug-likeness (QED) is 0.739. The highest BCUT2D eigenvalue weighted by atomic mass is 79.9. The van der Waals surface area contributed by atoms with Crippen molar-refractivity contribution in [1.82, 2.24) is 0 Å². The molecule has 2 rings (SSSR count). The minimum Gasteiger partial charge on any atom is -0.324 e. The summed E-state index contributed by atoms with van der Waals surface area (Å²) in [6.07, 6.45) is 0.415. The molecule has 0 spiro atoms. The summed E-state index contributed by atoms with van der Waals surface area (Å²) in [4.78, 5) is 0. The van der Waals surface area contributed by atoms with Gasteiger partial charge in [0, 0.05) is 20.0 Å². The maximum atomic E-state index is 13.7. The molecule has 5 heteroatoms. The third kappa shape index (κ3) is 3.78. The number of nitrogens with two attached hydrogens (primary N) is 1. The van der Waals surface area contributed by atoms with E-state index in [9.17, 15) is 4.39 Å². The van der Waals surface area contributed by atoms with Crippen LogP contribution in [0, 0.1) is 5.82 Å². The summed E-state index contributed by atoms with van der Waals surface area (Å²) >= 11 is 12.6. The van der Waals surface area contributed by atoms with Gasteiger partial charge < -0.3 is 5.73 Å². The number of hydrogen-bond acceptors (Lipinski definition) is 1. The fraction of sp³-hybridized carbons (Fsp3) is 0.143. The monoisotopic (exact) mass is 405 g/mol. The fourth-order valence-electron chi connectivity index (χ4n) is 1.83. The Bertz CT molecular complexity index is 604.